The van der Waals surface area contributed by atoms with Crippen LogP contribution in [0.25, 0.3) is 0 Å². The molecule has 2 saturated carbocycles. The first-order valence-electron chi connectivity index (χ1n) is 14.1. The molecular formula is C31H39N5O2. The highest BCUT2D eigenvalue weighted by Gasteiger charge is 2.52. The van der Waals surface area contributed by atoms with E-state index in [0.717, 1.165) is 44.1 Å². The number of hydrogen-bond donors (Lipinski definition) is 1. The molecule has 1 saturated heterocycles. The van der Waals surface area contributed by atoms with Gasteiger partial charge in [0.25, 0.3) is 5.91 Å². The molecular weight excluding hydrogens is 474 g/mol. The monoisotopic (exact) mass is 513 g/mol. The molecule has 2 aromatic rings. The van der Waals surface area contributed by atoms with Crippen LogP contribution in [0.15, 0.2) is 48.8 Å². The molecule has 1 N–H and O–H groups in total. The van der Waals surface area contributed by atoms with Crippen LogP contribution in [0.5, 0.6) is 0 Å². The molecule has 4 atom stereocenters. The maximum absolute atomic E-state index is 14.5. The highest BCUT2D eigenvalue weighted by molar-refractivity contribution is 6.04. The normalized spacial score (nSPS) is 24.1. The molecule has 38 heavy (non-hydrogen) atoms. The molecule has 1 aromatic carbocycles. The van der Waals surface area contributed by atoms with E-state index in [1.807, 2.05) is 30.3 Å². The van der Waals surface area contributed by atoms with Crippen molar-refractivity contribution in [1.82, 2.24) is 15.2 Å². The lowest BCUT2D eigenvalue weighted by Gasteiger charge is -2.38. The summed E-state index contributed by atoms with van der Waals surface area (Å²) in [4.78, 5) is 36.2. The SMILES string of the molecule is CC(C)(C)c1ccc(N(C(=O)C2C3CCC3CN2C#N)C(C(=O)NC2CCCCC2)c2cccnc2)cc1. The van der Waals surface area contributed by atoms with Crippen molar-refractivity contribution in [2.75, 3.05) is 11.4 Å². The van der Waals surface area contributed by atoms with Crippen molar-refractivity contribution in [3.63, 3.8) is 0 Å². The Morgan fingerprint density at radius 2 is 1.82 bits per heavy atom. The van der Waals surface area contributed by atoms with Crippen LogP contribution in [0.1, 0.15) is 82.9 Å². The van der Waals surface area contributed by atoms with Gasteiger partial charge in [0.1, 0.15) is 12.1 Å². The fraction of sp³-hybridized carbons (Fsp3) is 0.548. The van der Waals surface area contributed by atoms with E-state index in [2.05, 4.69) is 37.3 Å². The van der Waals surface area contributed by atoms with E-state index in [1.54, 1.807) is 28.3 Å². The van der Waals surface area contributed by atoms with Gasteiger partial charge >= 0.3 is 0 Å². The van der Waals surface area contributed by atoms with Gasteiger partial charge in [-0.15, -0.1) is 0 Å². The minimum atomic E-state index is -0.877. The van der Waals surface area contributed by atoms with Crippen molar-refractivity contribution >= 4 is 17.5 Å². The molecule has 1 aliphatic heterocycles. The van der Waals surface area contributed by atoms with E-state index in [0.29, 0.717) is 23.7 Å². The van der Waals surface area contributed by atoms with Gasteiger partial charge in [0.2, 0.25) is 5.91 Å². The Kier molecular flexibility index (Phi) is 7.43. The molecule has 1 aromatic heterocycles. The molecule has 5 rings (SSSR count). The number of nitrogens with zero attached hydrogens (tertiary/aromatic N) is 4. The highest BCUT2D eigenvalue weighted by Crippen LogP contribution is 2.46. The predicted molar refractivity (Wildman–Crippen MR) is 147 cm³/mol. The van der Waals surface area contributed by atoms with Gasteiger partial charge in [-0.1, -0.05) is 58.2 Å². The van der Waals surface area contributed by atoms with Crippen LogP contribution in [0.3, 0.4) is 0 Å². The fourth-order valence-electron chi connectivity index (χ4n) is 6.40. The number of nitrogens with one attached hydrogen (secondary N) is 1. The van der Waals surface area contributed by atoms with Gasteiger partial charge in [-0.25, -0.2) is 0 Å². The maximum Gasteiger partial charge on any atom is 0.251 e. The van der Waals surface area contributed by atoms with Gasteiger partial charge < -0.3 is 5.32 Å². The van der Waals surface area contributed by atoms with Crippen molar-refractivity contribution in [2.45, 2.75) is 89.3 Å². The van der Waals surface area contributed by atoms with E-state index < -0.39 is 12.1 Å². The average molecular weight is 514 g/mol. The second-order valence-electron chi connectivity index (χ2n) is 12.2. The fourth-order valence-corrected chi connectivity index (χ4v) is 6.40. The number of benzene rings is 1. The number of carbonyl (C=O) groups is 2. The van der Waals surface area contributed by atoms with Gasteiger partial charge in [-0.2, -0.15) is 5.26 Å². The van der Waals surface area contributed by atoms with E-state index in [1.165, 1.54) is 6.42 Å². The Bertz CT molecular complexity index is 1180. The lowest BCUT2D eigenvalue weighted by atomic mass is 9.72. The van der Waals surface area contributed by atoms with Crippen LogP contribution < -0.4 is 10.2 Å². The third-order valence-electron chi connectivity index (χ3n) is 8.74. The first-order valence-corrected chi connectivity index (χ1v) is 14.1. The zero-order valence-corrected chi connectivity index (χ0v) is 22.8. The first-order chi connectivity index (χ1) is 18.3. The summed E-state index contributed by atoms with van der Waals surface area (Å²) in [5, 5.41) is 13.2. The number of aromatic nitrogens is 1. The van der Waals surface area contributed by atoms with Crippen molar-refractivity contribution < 1.29 is 9.59 Å². The summed E-state index contributed by atoms with van der Waals surface area (Å²) in [5.74, 6) is 0.135. The number of hydrogen-bond acceptors (Lipinski definition) is 5. The van der Waals surface area contributed by atoms with Gasteiger partial charge in [-0.3, -0.25) is 24.4 Å². The molecule has 7 nitrogen and oxygen atoms in total. The summed E-state index contributed by atoms with van der Waals surface area (Å²) >= 11 is 0. The number of nitriles is 1. The summed E-state index contributed by atoms with van der Waals surface area (Å²) in [7, 11) is 0. The summed E-state index contributed by atoms with van der Waals surface area (Å²) in [5.41, 5.74) is 2.44. The Morgan fingerprint density at radius 3 is 2.39 bits per heavy atom. The number of likely N-dealkylation sites (tertiary alicyclic amines) is 1. The molecule has 2 aliphatic carbocycles. The third kappa shape index (κ3) is 5.14. The van der Waals surface area contributed by atoms with Gasteiger partial charge in [0.15, 0.2) is 6.19 Å². The number of amides is 2. The summed E-state index contributed by atoms with van der Waals surface area (Å²) in [6.07, 6.45) is 12.9. The van der Waals surface area contributed by atoms with E-state index in [4.69, 9.17) is 0 Å². The van der Waals surface area contributed by atoms with E-state index in [9.17, 15) is 14.9 Å². The molecule has 2 heterocycles. The molecule has 4 unspecified atom stereocenters. The van der Waals surface area contributed by atoms with Crippen LogP contribution in [-0.2, 0) is 15.0 Å². The highest BCUT2D eigenvalue weighted by atomic mass is 16.2. The summed E-state index contributed by atoms with van der Waals surface area (Å²) in [6.45, 7) is 7.07. The van der Waals surface area contributed by atoms with Crippen molar-refractivity contribution in [3.8, 4) is 6.19 Å². The van der Waals surface area contributed by atoms with Gasteiger partial charge in [0.05, 0.1) is 0 Å². The van der Waals surface area contributed by atoms with Crippen molar-refractivity contribution in [3.05, 3.63) is 59.9 Å². The molecule has 7 heteroatoms. The minimum absolute atomic E-state index is 0.0450. The largest absolute Gasteiger partial charge is 0.351 e. The van der Waals surface area contributed by atoms with Crippen LogP contribution in [-0.4, -0.2) is 40.3 Å². The Balaban J connectivity index is 1.57. The molecule has 3 fully saturated rings. The Hall–Kier alpha value is -3.40. The second-order valence-corrected chi connectivity index (χ2v) is 12.2. The molecule has 0 bridgehead atoms. The Morgan fingerprint density at radius 1 is 1.08 bits per heavy atom. The smallest absolute Gasteiger partial charge is 0.251 e. The topological polar surface area (TPSA) is 89.3 Å². The number of pyridine rings is 1. The maximum atomic E-state index is 14.5. The second kappa shape index (κ2) is 10.8. The standard InChI is InChI=1S/C31H39N5O2/c1-31(2,3)23-12-14-25(15-13-23)36(30(38)28-26-16-11-22(26)19-35(28)20-32)27(21-8-7-17-33-18-21)29(37)34-24-9-5-4-6-10-24/h7-8,12-15,17-18,22,24,26-28H,4-6,9-11,16,19H2,1-3H3,(H,34,37). The summed E-state index contributed by atoms with van der Waals surface area (Å²) in [6, 6.07) is 10.3. The number of carbonyl (C=O) groups excluding carboxylic acids is 2. The number of fused-ring (bicyclic) bond motifs is 1. The molecule has 200 valence electrons. The predicted octanol–water partition coefficient (Wildman–Crippen LogP) is 5.09. The van der Waals surface area contributed by atoms with Crippen molar-refractivity contribution in [2.24, 2.45) is 11.8 Å². The zero-order valence-electron chi connectivity index (χ0n) is 22.8. The molecule has 2 amide bonds. The lowest BCUT2D eigenvalue weighted by Crippen LogP contribution is -2.53. The molecule has 0 spiro atoms. The minimum Gasteiger partial charge on any atom is -0.351 e. The van der Waals surface area contributed by atoms with Crippen LogP contribution in [0, 0.1) is 23.3 Å². The zero-order chi connectivity index (χ0) is 26.9. The van der Waals surface area contributed by atoms with E-state index in [-0.39, 0.29) is 29.2 Å². The third-order valence-corrected chi connectivity index (χ3v) is 8.74. The van der Waals surface area contributed by atoms with Crippen LogP contribution in [0.4, 0.5) is 5.69 Å². The Labute approximate surface area is 226 Å². The summed E-state index contributed by atoms with van der Waals surface area (Å²) < 4.78 is 0. The van der Waals surface area contributed by atoms with Gasteiger partial charge in [-0.05, 0) is 66.7 Å². The number of rotatable bonds is 6. The van der Waals surface area contributed by atoms with Crippen molar-refractivity contribution in [1.29, 1.82) is 5.26 Å². The first kappa shape index (κ1) is 26.2. The van der Waals surface area contributed by atoms with E-state index >= 15 is 0 Å². The molecule has 0 radical (unpaired) electrons. The average Bonchev–Trinajstić information content (AvgIpc) is 3.16. The quantitative estimate of drug-likeness (QED) is 0.543. The van der Waals surface area contributed by atoms with Crippen LogP contribution in [0.2, 0.25) is 0 Å². The number of anilines is 1. The van der Waals surface area contributed by atoms with Crippen LogP contribution >= 0.6 is 0 Å². The molecule has 3 aliphatic rings. The van der Waals surface area contributed by atoms with Gasteiger partial charge in [0, 0.05) is 36.2 Å². The lowest BCUT2D eigenvalue weighted by molar-refractivity contribution is -0.129.